The van der Waals surface area contributed by atoms with Gasteiger partial charge in [-0.3, -0.25) is 4.98 Å². The van der Waals surface area contributed by atoms with E-state index in [2.05, 4.69) is 30.0 Å². The number of pyridine rings is 2. The van der Waals surface area contributed by atoms with Crippen LogP contribution in [-0.4, -0.2) is 58.5 Å². The Bertz CT molecular complexity index is 1470. The molecule has 12 heteroatoms. The summed E-state index contributed by atoms with van der Waals surface area (Å²) in [6.07, 6.45) is 5.49. The van der Waals surface area contributed by atoms with E-state index >= 15 is 0 Å². The van der Waals surface area contributed by atoms with Crippen molar-refractivity contribution in [3.8, 4) is 16.6 Å². The minimum atomic E-state index is -3.30. The second-order valence-corrected chi connectivity index (χ2v) is 12.3. The highest BCUT2D eigenvalue weighted by molar-refractivity contribution is 7.90. The third kappa shape index (κ3) is 5.05. The van der Waals surface area contributed by atoms with Gasteiger partial charge in [0, 0.05) is 24.9 Å². The van der Waals surface area contributed by atoms with Gasteiger partial charge >= 0.3 is 6.01 Å². The molecule has 2 unspecified atom stereocenters. The Morgan fingerprint density at radius 1 is 1.08 bits per heavy atom. The van der Waals surface area contributed by atoms with Crippen molar-refractivity contribution in [2.45, 2.75) is 63.0 Å². The molecule has 0 amide bonds. The lowest BCUT2D eigenvalue weighted by molar-refractivity contribution is 0.164. The standard InChI is InChI=1S/C24H28N6O4S2/c1-14(2)21-28-23(34-29-21)30-12-6-5-7-20(30)15(3)33-24-27-19-11-10-18(26-22(19)35-24)17-9-8-16(13-25-17)36(4,31)32/h8-11,13-15,20H,5-7,12H2,1-4H3. The van der Waals surface area contributed by atoms with E-state index in [0.29, 0.717) is 28.4 Å². The second kappa shape index (κ2) is 9.74. The van der Waals surface area contributed by atoms with Crippen LogP contribution < -0.4 is 9.64 Å². The van der Waals surface area contributed by atoms with Crippen LogP contribution in [0, 0.1) is 0 Å². The number of ether oxygens (including phenoxy) is 1. The first-order valence-electron chi connectivity index (χ1n) is 11.9. The predicted octanol–water partition coefficient (Wildman–Crippen LogP) is 4.49. The molecule has 10 nitrogen and oxygen atoms in total. The molecule has 4 aromatic heterocycles. The molecule has 4 aromatic rings. The first kappa shape index (κ1) is 24.6. The molecule has 5 rings (SSSR count). The molecule has 36 heavy (non-hydrogen) atoms. The number of sulfone groups is 1. The van der Waals surface area contributed by atoms with Crippen molar-refractivity contribution in [3.05, 3.63) is 36.3 Å². The molecule has 0 N–H and O–H groups in total. The van der Waals surface area contributed by atoms with Gasteiger partial charge < -0.3 is 14.2 Å². The minimum Gasteiger partial charge on any atom is -0.465 e. The van der Waals surface area contributed by atoms with Crippen molar-refractivity contribution in [3.63, 3.8) is 0 Å². The Morgan fingerprint density at radius 3 is 2.58 bits per heavy atom. The summed E-state index contributed by atoms with van der Waals surface area (Å²) in [6.45, 7) is 6.97. The third-order valence-electron chi connectivity index (χ3n) is 6.23. The van der Waals surface area contributed by atoms with Crippen molar-refractivity contribution >= 4 is 37.5 Å². The molecule has 1 aliphatic heterocycles. The molecular formula is C24H28N6O4S2. The van der Waals surface area contributed by atoms with Crippen LogP contribution >= 0.6 is 11.3 Å². The molecule has 0 aliphatic carbocycles. The number of piperidine rings is 1. The zero-order valence-electron chi connectivity index (χ0n) is 20.6. The Balaban J connectivity index is 1.34. The maximum atomic E-state index is 11.7. The van der Waals surface area contributed by atoms with Gasteiger partial charge in [0.05, 0.1) is 22.3 Å². The Labute approximate surface area is 213 Å². The Kier molecular flexibility index (Phi) is 6.64. The second-order valence-electron chi connectivity index (χ2n) is 9.32. The van der Waals surface area contributed by atoms with Crippen LogP contribution in [0.2, 0.25) is 0 Å². The maximum Gasteiger partial charge on any atom is 0.324 e. The Hall–Kier alpha value is -3.12. The number of thiazole rings is 1. The summed E-state index contributed by atoms with van der Waals surface area (Å²) in [7, 11) is -3.30. The van der Waals surface area contributed by atoms with Gasteiger partial charge in [-0.05, 0) is 50.5 Å². The number of anilines is 1. The molecule has 0 radical (unpaired) electrons. The van der Waals surface area contributed by atoms with E-state index in [1.807, 2.05) is 32.9 Å². The predicted molar refractivity (Wildman–Crippen MR) is 137 cm³/mol. The molecule has 2 atom stereocenters. The monoisotopic (exact) mass is 528 g/mol. The van der Waals surface area contributed by atoms with Crippen molar-refractivity contribution in [2.24, 2.45) is 0 Å². The van der Waals surface area contributed by atoms with Crippen molar-refractivity contribution in [1.29, 1.82) is 0 Å². The molecule has 0 bridgehead atoms. The van der Waals surface area contributed by atoms with E-state index < -0.39 is 9.84 Å². The quantitative estimate of drug-likeness (QED) is 0.339. The summed E-state index contributed by atoms with van der Waals surface area (Å²) < 4.78 is 35.3. The van der Waals surface area contributed by atoms with Gasteiger partial charge in [-0.1, -0.05) is 30.3 Å². The molecular weight excluding hydrogens is 500 g/mol. The summed E-state index contributed by atoms with van der Waals surface area (Å²) in [5.74, 6) is 0.906. The highest BCUT2D eigenvalue weighted by Crippen LogP contribution is 2.32. The van der Waals surface area contributed by atoms with E-state index in [-0.39, 0.29) is 23.0 Å². The smallest absolute Gasteiger partial charge is 0.324 e. The SMILES string of the molecule is CC(C)c1noc(N2CCCCC2C(C)Oc2nc3ccc(-c4ccc(S(C)(=O)=O)cn4)nc3s2)n1. The first-order valence-corrected chi connectivity index (χ1v) is 14.6. The maximum absolute atomic E-state index is 11.7. The van der Waals surface area contributed by atoms with Crippen molar-refractivity contribution < 1.29 is 17.7 Å². The fourth-order valence-corrected chi connectivity index (χ4v) is 5.67. The fourth-order valence-electron chi connectivity index (χ4n) is 4.24. The highest BCUT2D eigenvalue weighted by Gasteiger charge is 2.33. The topological polar surface area (TPSA) is 124 Å². The minimum absolute atomic E-state index is 0.0901. The van der Waals surface area contributed by atoms with Gasteiger partial charge in [-0.25, -0.2) is 18.4 Å². The average molecular weight is 529 g/mol. The number of fused-ring (bicyclic) bond motifs is 1. The lowest BCUT2D eigenvalue weighted by Crippen LogP contribution is -2.48. The van der Waals surface area contributed by atoms with E-state index in [4.69, 9.17) is 9.26 Å². The van der Waals surface area contributed by atoms with Gasteiger partial charge in [0.15, 0.2) is 15.7 Å². The lowest BCUT2D eigenvalue weighted by atomic mass is 9.98. The summed E-state index contributed by atoms with van der Waals surface area (Å²) in [5.41, 5.74) is 1.96. The zero-order chi connectivity index (χ0) is 25.4. The Morgan fingerprint density at radius 2 is 1.89 bits per heavy atom. The van der Waals surface area contributed by atoms with Crippen LogP contribution in [0.25, 0.3) is 21.7 Å². The normalized spacial score (nSPS) is 17.6. The van der Waals surface area contributed by atoms with E-state index in [0.717, 1.165) is 42.4 Å². The largest absolute Gasteiger partial charge is 0.465 e. The third-order valence-corrected chi connectivity index (χ3v) is 8.19. The zero-order valence-corrected chi connectivity index (χ0v) is 22.2. The summed E-state index contributed by atoms with van der Waals surface area (Å²) >= 11 is 1.37. The van der Waals surface area contributed by atoms with E-state index in [9.17, 15) is 8.42 Å². The van der Waals surface area contributed by atoms with Gasteiger partial charge in [-0.15, -0.1) is 0 Å². The van der Waals surface area contributed by atoms with E-state index in [1.54, 1.807) is 6.07 Å². The van der Waals surface area contributed by atoms with Crippen molar-refractivity contribution in [1.82, 2.24) is 25.1 Å². The molecule has 5 heterocycles. The molecule has 190 valence electrons. The number of aromatic nitrogens is 5. The van der Waals surface area contributed by atoms with E-state index in [1.165, 1.54) is 23.6 Å². The first-order chi connectivity index (χ1) is 17.2. The van der Waals surface area contributed by atoms with Gasteiger partial charge in [0.2, 0.25) is 0 Å². The van der Waals surface area contributed by atoms with Crippen molar-refractivity contribution in [2.75, 3.05) is 17.7 Å². The molecule has 0 aromatic carbocycles. The fraction of sp³-hybridized carbons (Fsp3) is 0.458. The molecule has 0 saturated carbocycles. The number of nitrogens with zero attached hydrogens (tertiary/aromatic N) is 6. The van der Waals surface area contributed by atoms with Gasteiger partial charge in [-0.2, -0.15) is 4.98 Å². The lowest BCUT2D eigenvalue weighted by Gasteiger charge is -2.37. The summed E-state index contributed by atoms with van der Waals surface area (Å²) in [5, 5.41) is 4.67. The van der Waals surface area contributed by atoms with Gasteiger partial charge in [0.1, 0.15) is 16.5 Å². The van der Waals surface area contributed by atoms with Gasteiger partial charge in [0.25, 0.3) is 5.19 Å². The number of rotatable bonds is 7. The molecule has 1 saturated heterocycles. The number of hydrogen-bond donors (Lipinski definition) is 0. The summed E-state index contributed by atoms with van der Waals surface area (Å²) in [4.78, 5) is 21.2. The summed E-state index contributed by atoms with van der Waals surface area (Å²) in [6, 6.07) is 7.52. The number of hydrogen-bond acceptors (Lipinski definition) is 11. The molecule has 1 fully saturated rings. The van der Waals surface area contributed by atoms with Crippen LogP contribution in [-0.2, 0) is 9.84 Å². The molecule has 0 spiro atoms. The molecule has 1 aliphatic rings. The van der Waals surface area contributed by atoms with Crippen LogP contribution in [0.3, 0.4) is 0 Å². The highest BCUT2D eigenvalue weighted by atomic mass is 32.2. The van der Waals surface area contributed by atoms with Crippen LogP contribution in [0.15, 0.2) is 39.9 Å². The van der Waals surface area contributed by atoms with Crippen LogP contribution in [0.4, 0.5) is 6.01 Å². The van der Waals surface area contributed by atoms with Crippen LogP contribution in [0.1, 0.15) is 51.8 Å². The van der Waals surface area contributed by atoms with Crippen LogP contribution in [0.5, 0.6) is 5.19 Å². The average Bonchev–Trinajstić information content (AvgIpc) is 3.50.